The second kappa shape index (κ2) is 10.3. The second-order valence-electron chi connectivity index (χ2n) is 7.91. The molecule has 1 atom stereocenters. The quantitative estimate of drug-likeness (QED) is 0.676. The minimum atomic E-state index is -3.60. The van der Waals surface area contributed by atoms with Crippen molar-refractivity contribution in [3.63, 3.8) is 0 Å². The van der Waals surface area contributed by atoms with Crippen LogP contribution in [0.15, 0.2) is 53.4 Å². The van der Waals surface area contributed by atoms with Crippen molar-refractivity contribution >= 4 is 15.9 Å². The summed E-state index contributed by atoms with van der Waals surface area (Å²) < 4.78 is 31.2. The lowest BCUT2D eigenvalue weighted by molar-refractivity contribution is 0.0924. The van der Waals surface area contributed by atoms with Gasteiger partial charge in [0.25, 0.3) is 5.91 Å². The minimum Gasteiger partial charge on any atom is -0.497 e. The van der Waals surface area contributed by atoms with Crippen molar-refractivity contribution in [1.29, 1.82) is 0 Å². The molecule has 0 aromatic heterocycles. The van der Waals surface area contributed by atoms with Gasteiger partial charge in [-0.05, 0) is 61.8 Å². The van der Waals surface area contributed by atoms with Crippen LogP contribution in [-0.2, 0) is 10.0 Å². The van der Waals surface area contributed by atoms with Gasteiger partial charge in [0.05, 0.1) is 18.0 Å². The van der Waals surface area contributed by atoms with Gasteiger partial charge in [-0.1, -0.05) is 24.6 Å². The zero-order chi connectivity index (χ0) is 22.4. The van der Waals surface area contributed by atoms with Gasteiger partial charge in [0.15, 0.2) is 0 Å². The van der Waals surface area contributed by atoms with Gasteiger partial charge in [0.2, 0.25) is 10.0 Å². The Morgan fingerprint density at radius 3 is 2.39 bits per heavy atom. The number of hydrogen-bond donors (Lipinski definition) is 1. The molecule has 0 bridgehead atoms. The van der Waals surface area contributed by atoms with E-state index < -0.39 is 10.0 Å². The molecular weight excluding hydrogens is 414 g/mol. The predicted octanol–water partition coefficient (Wildman–Crippen LogP) is 2.90. The molecule has 31 heavy (non-hydrogen) atoms. The van der Waals surface area contributed by atoms with E-state index >= 15 is 0 Å². The third-order valence-electron chi connectivity index (χ3n) is 5.66. The summed E-state index contributed by atoms with van der Waals surface area (Å²) in [5.74, 6) is 0.510. The summed E-state index contributed by atoms with van der Waals surface area (Å²) in [5, 5.41) is 3.01. The maximum Gasteiger partial charge on any atom is 0.251 e. The Morgan fingerprint density at radius 2 is 1.77 bits per heavy atom. The highest BCUT2D eigenvalue weighted by molar-refractivity contribution is 7.89. The third kappa shape index (κ3) is 5.64. The molecule has 1 aliphatic rings. The van der Waals surface area contributed by atoms with E-state index in [2.05, 4.69) is 10.2 Å². The Labute approximate surface area is 185 Å². The Hall–Kier alpha value is -2.42. The van der Waals surface area contributed by atoms with Crippen molar-refractivity contribution in [3.05, 3.63) is 59.7 Å². The average molecular weight is 446 g/mol. The van der Waals surface area contributed by atoms with Crippen molar-refractivity contribution in [2.75, 3.05) is 40.8 Å². The van der Waals surface area contributed by atoms with E-state index in [4.69, 9.17) is 4.74 Å². The number of carbonyl (C=O) groups excluding carboxylic acids is 1. The molecule has 0 unspecified atom stereocenters. The smallest absolute Gasteiger partial charge is 0.251 e. The van der Waals surface area contributed by atoms with Crippen LogP contribution in [0.3, 0.4) is 0 Å². The topological polar surface area (TPSA) is 78.9 Å². The maximum atomic E-state index is 12.9. The predicted molar refractivity (Wildman–Crippen MR) is 121 cm³/mol. The number of amides is 1. The lowest BCUT2D eigenvalue weighted by Crippen LogP contribution is -2.40. The van der Waals surface area contributed by atoms with E-state index in [1.807, 2.05) is 24.3 Å². The summed E-state index contributed by atoms with van der Waals surface area (Å²) in [6, 6.07) is 14.1. The summed E-state index contributed by atoms with van der Waals surface area (Å²) in [4.78, 5) is 15.4. The van der Waals surface area contributed by atoms with E-state index in [-0.39, 0.29) is 16.8 Å². The highest BCUT2D eigenvalue weighted by Gasteiger charge is 2.24. The van der Waals surface area contributed by atoms with Crippen LogP contribution in [0.1, 0.15) is 41.2 Å². The molecule has 0 aliphatic carbocycles. The lowest BCUT2D eigenvalue weighted by Gasteiger charge is -2.35. The van der Waals surface area contributed by atoms with Crippen LogP contribution in [-0.4, -0.2) is 64.4 Å². The van der Waals surface area contributed by atoms with Crippen LogP contribution in [0.25, 0.3) is 0 Å². The number of sulfonamides is 1. The first kappa shape index (κ1) is 23.2. The van der Waals surface area contributed by atoms with Crippen LogP contribution in [0.2, 0.25) is 0 Å². The average Bonchev–Trinajstić information content (AvgIpc) is 2.80. The number of piperidine rings is 1. The summed E-state index contributed by atoms with van der Waals surface area (Å²) >= 11 is 0. The number of carbonyl (C=O) groups is 1. The van der Waals surface area contributed by atoms with Gasteiger partial charge in [-0.15, -0.1) is 0 Å². The van der Waals surface area contributed by atoms with Gasteiger partial charge in [-0.2, -0.15) is 0 Å². The molecule has 0 spiro atoms. The number of rotatable bonds is 8. The van der Waals surface area contributed by atoms with Crippen LogP contribution < -0.4 is 10.1 Å². The molecule has 2 aromatic rings. The normalized spacial score (nSPS) is 16.1. The molecule has 1 N–H and O–H groups in total. The Kier molecular flexibility index (Phi) is 7.69. The lowest BCUT2D eigenvalue weighted by atomic mass is 10.0. The highest BCUT2D eigenvalue weighted by Crippen LogP contribution is 2.26. The van der Waals surface area contributed by atoms with Gasteiger partial charge in [0, 0.05) is 26.2 Å². The van der Waals surface area contributed by atoms with Gasteiger partial charge in [-0.25, -0.2) is 12.7 Å². The third-order valence-corrected chi connectivity index (χ3v) is 7.47. The van der Waals surface area contributed by atoms with E-state index in [0.717, 1.165) is 41.5 Å². The first-order valence-electron chi connectivity index (χ1n) is 10.5. The van der Waals surface area contributed by atoms with Crippen LogP contribution in [0.5, 0.6) is 5.75 Å². The number of nitrogens with zero attached hydrogens (tertiary/aromatic N) is 2. The van der Waals surface area contributed by atoms with Crippen molar-refractivity contribution in [1.82, 2.24) is 14.5 Å². The number of ether oxygens (including phenoxy) is 1. The molecule has 2 aromatic carbocycles. The number of likely N-dealkylation sites (tertiary alicyclic amines) is 1. The van der Waals surface area contributed by atoms with E-state index in [1.165, 1.54) is 32.6 Å². The fourth-order valence-electron chi connectivity index (χ4n) is 3.81. The SMILES string of the molecule is COc1ccc([C@H](CNC(=O)c2cccc(S(=O)(=O)N(C)C)c2)N2CCCCC2)cc1. The fraction of sp³-hybridized carbons (Fsp3) is 0.435. The molecule has 1 saturated heterocycles. The van der Waals surface area contributed by atoms with Crippen LogP contribution in [0, 0.1) is 0 Å². The fourth-order valence-corrected chi connectivity index (χ4v) is 4.76. The molecule has 0 radical (unpaired) electrons. The van der Waals surface area contributed by atoms with Crippen LogP contribution in [0.4, 0.5) is 0 Å². The van der Waals surface area contributed by atoms with Gasteiger partial charge < -0.3 is 10.1 Å². The molecule has 7 nitrogen and oxygen atoms in total. The van der Waals surface area contributed by atoms with Crippen molar-refractivity contribution in [3.8, 4) is 5.75 Å². The monoisotopic (exact) mass is 445 g/mol. The summed E-state index contributed by atoms with van der Waals surface area (Å²) in [6.45, 7) is 2.42. The Bertz CT molecular complexity index is 984. The zero-order valence-electron chi connectivity index (χ0n) is 18.4. The maximum absolute atomic E-state index is 12.9. The highest BCUT2D eigenvalue weighted by atomic mass is 32.2. The first-order chi connectivity index (χ1) is 14.8. The van der Waals surface area contributed by atoms with Gasteiger partial charge in [0.1, 0.15) is 5.75 Å². The number of nitrogens with one attached hydrogen (secondary N) is 1. The number of hydrogen-bond acceptors (Lipinski definition) is 5. The number of benzene rings is 2. The number of methoxy groups -OCH3 is 1. The van der Waals surface area contributed by atoms with E-state index in [9.17, 15) is 13.2 Å². The molecular formula is C23H31N3O4S. The molecule has 1 fully saturated rings. The molecule has 1 amide bonds. The molecule has 8 heteroatoms. The largest absolute Gasteiger partial charge is 0.497 e. The standard InChI is InChI=1S/C23H31N3O4S/c1-25(2)31(28,29)21-9-7-8-19(16-21)23(27)24-17-22(26-14-5-4-6-15-26)18-10-12-20(30-3)13-11-18/h7-13,16,22H,4-6,14-15,17H2,1-3H3,(H,24,27)/t22-/m0/s1. The molecule has 0 saturated carbocycles. The molecule has 3 rings (SSSR count). The van der Waals surface area contributed by atoms with E-state index in [0.29, 0.717) is 12.1 Å². The molecule has 168 valence electrons. The molecule has 1 aliphatic heterocycles. The summed E-state index contributed by atoms with van der Waals surface area (Å²) in [5.41, 5.74) is 1.45. The summed E-state index contributed by atoms with van der Waals surface area (Å²) in [6.07, 6.45) is 3.52. The van der Waals surface area contributed by atoms with Crippen LogP contribution >= 0.6 is 0 Å². The Balaban J connectivity index is 1.77. The van der Waals surface area contributed by atoms with Gasteiger partial charge >= 0.3 is 0 Å². The first-order valence-corrected chi connectivity index (χ1v) is 12.0. The minimum absolute atomic E-state index is 0.0452. The zero-order valence-corrected chi connectivity index (χ0v) is 19.2. The van der Waals surface area contributed by atoms with Gasteiger partial charge in [-0.3, -0.25) is 9.69 Å². The van der Waals surface area contributed by atoms with E-state index in [1.54, 1.807) is 19.2 Å². The Morgan fingerprint density at radius 1 is 1.10 bits per heavy atom. The van der Waals surface area contributed by atoms with Crippen molar-refractivity contribution in [2.24, 2.45) is 0 Å². The molecule has 1 heterocycles. The van der Waals surface area contributed by atoms with Crippen molar-refractivity contribution in [2.45, 2.75) is 30.2 Å². The summed E-state index contributed by atoms with van der Waals surface area (Å²) in [7, 11) is 0.988. The second-order valence-corrected chi connectivity index (χ2v) is 10.1. The van der Waals surface area contributed by atoms with Crippen molar-refractivity contribution < 1.29 is 17.9 Å².